The topological polar surface area (TPSA) is 8.17 Å². The second-order valence-corrected chi connectivity index (χ2v) is 16.8. The van der Waals surface area contributed by atoms with Gasteiger partial charge in [0, 0.05) is 22.0 Å². The summed E-state index contributed by atoms with van der Waals surface area (Å²) in [4.78, 5) is 2.53. The van der Waals surface area contributed by atoms with Gasteiger partial charge in [0.15, 0.2) is 0 Å². The van der Waals surface area contributed by atoms with Crippen LogP contribution in [-0.4, -0.2) is 4.57 Å². The first kappa shape index (κ1) is 35.5. The first-order valence-corrected chi connectivity index (χ1v) is 21.9. The Bertz CT molecular complexity index is 3520. The third-order valence-electron chi connectivity index (χ3n) is 13.6. The third-order valence-corrected chi connectivity index (χ3v) is 13.6. The summed E-state index contributed by atoms with van der Waals surface area (Å²) in [6.07, 6.45) is 0. The van der Waals surface area contributed by atoms with Crippen LogP contribution in [-0.2, 0) is 5.41 Å². The molecule has 63 heavy (non-hydrogen) atoms. The average Bonchev–Trinajstić information content (AvgIpc) is 3.85. The lowest BCUT2D eigenvalue weighted by Gasteiger charge is -2.41. The van der Waals surface area contributed by atoms with Gasteiger partial charge in [0.25, 0.3) is 0 Å². The minimum absolute atomic E-state index is 0.560. The molecule has 0 atom stereocenters. The van der Waals surface area contributed by atoms with Gasteiger partial charge in [-0.05, 0) is 91.5 Å². The fourth-order valence-electron chi connectivity index (χ4n) is 11.0. The zero-order chi connectivity index (χ0) is 41.5. The number of aromatic nitrogens is 1. The normalized spacial score (nSPS) is 12.9. The third kappa shape index (κ3) is 5.13. The summed E-state index contributed by atoms with van der Waals surface area (Å²) in [6.45, 7) is 0. The van der Waals surface area contributed by atoms with Gasteiger partial charge in [0.05, 0.1) is 33.5 Å². The Labute approximate surface area is 367 Å². The Morgan fingerprint density at radius 3 is 1.56 bits per heavy atom. The molecule has 0 amide bonds. The fraction of sp³-hybridized carbons (Fsp3) is 0.0164. The molecule has 13 rings (SSSR count). The van der Waals surface area contributed by atoms with Crippen molar-refractivity contribution in [1.82, 2.24) is 4.57 Å². The van der Waals surface area contributed by atoms with Crippen LogP contribution < -0.4 is 4.90 Å². The predicted molar refractivity (Wildman–Crippen MR) is 263 cm³/mol. The monoisotopic (exact) mass is 800 g/mol. The highest BCUT2D eigenvalue weighted by atomic mass is 15.2. The van der Waals surface area contributed by atoms with E-state index in [9.17, 15) is 0 Å². The molecule has 0 N–H and O–H groups in total. The maximum absolute atomic E-state index is 2.59. The van der Waals surface area contributed by atoms with Crippen molar-refractivity contribution in [3.05, 3.63) is 265 Å². The minimum Gasteiger partial charge on any atom is -0.308 e. The molecule has 1 aliphatic carbocycles. The molecule has 1 spiro atoms. The van der Waals surface area contributed by atoms with Crippen LogP contribution in [0.4, 0.5) is 17.1 Å². The van der Waals surface area contributed by atoms with E-state index in [-0.39, 0.29) is 0 Å². The van der Waals surface area contributed by atoms with Crippen molar-refractivity contribution in [2.75, 3.05) is 4.90 Å². The summed E-state index contributed by atoms with van der Waals surface area (Å²) in [7, 11) is 0. The van der Waals surface area contributed by atoms with Crippen LogP contribution in [0, 0.1) is 0 Å². The molecule has 0 fully saturated rings. The van der Waals surface area contributed by atoms with Gasteiger partial charge in [-0.2, -0.15) is 0 Å². The summed E-state index contributed by atoms with van der Waals surface area (Å²) in [5.74, 6) is 0. The summed E-state index contributed by atoms with van der Waals surface area (Å²) >= 11 is 0. The highest BCUT2D eigenvalue weighted by Crippen LogP contribution is 2.62. The SMILES string of the molecule is c1ccc(-c2ccc(-c3cccc(N(c4ccccc4-c4ccccc4)c4cccc5c4-n4c6ccccc6c6cccc(c64)C54c5ccccc5-c5ccccc54)c3)cc2)cc1. The summed E-state index contributed by atoms with van der Waals surface area (Å²) in [5, 5.41) is 2.52. The van der Waals surface area contributed by atoms with Gasteiger partial charge < -0.3 is 9.47 Å². The van der Waals surface area contributed by atoms with Crippen LogP contribution in [0.15, 0.2) is 243 Å². The Hall–Kier alpha value is -8.20. The van der Waals surface area contributed by atoms with Crippen LogP contribution in [0.25, 0.3) is 72.0 Å². The molecule has 2 aliphatic rings. The van der Waals surface area contributed by atoms with Crippen molar-refractivity contribution < 1.29 is 0 Å². The molecular formula is C61H40N2. The lowest BCUT2D eigenvalue weighted by molar-refractivity contribution is 0.748. The van der Waals surface area contributed by atoms with E-state index in [1.807, 2.05) is 0 Å². The van der Waals surface area contributed by atoms with Crippen LogP contribution >= 0.6 is 0 Å². The zero-order valence-electron chi connectivity index (χ0n) is 34.5. The molecular weight excluding hydrogens is 761 g/mol. The average molecular weight is 801 g/mol. The molecule has 0 saturated carbocycles. The number of hydrogen-bond acceptors (Lipinski definition) is 1. The first-order valence-electron chi connectivity index (χ1n) is 21.9. The van der Waals surface area contributed by atoms with Gasteiger partial charge in [-0.3, -0.25) is 0 Å². The molecule has 1 aliphatic heterocycles. The van der Waals surface area contributed by atoms with Crippen molar-refractivity contribution in [1.29, 1.82) is 0 Å². The predicted octanol–water partition coefficient (Wildman–Crippen LogP) is 15.9. The van der Waals surface area contributed by atoms with Crippen LogP contribution in [0.2, 0.25) is 0 Å². The molecule has 0 saturated heterocycles. The summed E-state index contributed by atoms with van der Waals surface area (Å²) in [6, 6.07) is 89.6. The van der Waals surface area contributed by atoms with E-state index < -0.39 is 5.41 Å². The molecule has 11 aromatic rings. The lowest BCUT2D eigenvalue weighted by Crippen LogP contribution is -2.34. The second-order valence-electron chi connectivity index (χ2n) is 16.8. The summed E-state index contributed by atoms with van der Waals surface area (Å²) in [5.41, 5.74) is 21.3. The number of fused-ring (bicyclic) bond motifs is 12. The molecule has 294 valence electrons. The van der Waals surface area contributed by atoms with Gasteiger partial charge >= 0.3 is 0 Å². The summed E-state index contributed by atoms with van der Waals surface area (Å²) < 4.78 is 2.59. The van der Waals surface area contributed by atoms with E-state index in [0.29, 0.717) is 0 Å². The van der Waals surface area contributed by atoms with Crippen molar-refractivity contribution in [3.63, 3.8) is 0 Å². The molecule has 0 bridgehead atoms. The molecule has 10 aromatic carbocycles. The van der Waals surface area contributed by atoms with Gasteiger partial charge in [-0.1, -0.05) is 212 Å². The second kappa shape index (κ2) is 13.9. The maximum Gasteiger partial charge on any atom is 0.0755 e. The highest BCUT2D eigenvalue weighted by molar-refractivity contribution is 6.14. The van der Waals surface area contributed by atoms with E-state index in [0.717, 1.165) is 22.6 Å². The molecule has 2 nitrogen and oxygen atoms in total. The molecule has 0 radical (unpaired) electrons. The van der Waals surface area contributed by atoms with Crippen molar-refractivity contribution >= 4 is 38.9 Å². The number of anilines is 3. The highest BCUT2D eigenvalue weighted by Gasteiger charge is 2.51. The Morgan fingerprint density at radius 2 is 0.810 bits per heavy atom. The molecule has 0 unspecified atom stereocenters. The maximum atomic E-state index is 2.59. The smallest absolute Gasteiger partial charge is 0.0755 e. The number of benzene rings is 10. The fourth-order valence-corrected chi connectivity index (χ4v) is 11.0. The molecule has 2 heteroatoms. The van der Waals surface area contributed by atoms with Crippen LogP contribution in [0.5, 0.6) is 0 Å². The molecule has 2 heterocycles. The van der Waals surface area contributed by atoms with E-state index in [2.05, 4.69) is 252 Å². The van der Waals surface area contributed by atoms with Crippen molar-refractivity contribution in [2.45, 2.75) is 5.41 Å². The Balaban J connectivity index is 1.13. The van der Waals surface area contributed by atoms with E-state index in [1.54, 1.807) is 0 Å². The van der Waals surface area contributed by atoms with Crippen LogP contribution in [0.1, 0.15) is 22.3 Å². The van der Waals surface area contributed by atoms with E-state index >= 15 is 0 Å². The lowest BCUT2D eigenvalue weighted by atomic mass is 9.65. The Morgan fingerprint density at radius 1 is 0.317 bits per heavy atom. The number of hydrogen-bond donors (Lipinski definition) is 0. The zero-order valence-corrected chi connectivity index (χ0v) is 34.5. The molecule has 1 aromatic heterocycles. The van der Waals surface area contributed by atoms with E-state index in [4.69, 9.17) is 0 Å². The standard InChI is InChI=1S/C61H40N2/c1-3-18-41(19-4-1)42-36-38-43(39-37-42)45-22-15-23-46(40-45)62(56-33-13-9-24-47(56)44-20-5-2-6-21-44)58-35-17-32-55-60(58)63-57-34-14-10-27-50(57)51-28-16-31-54(59(51)63)61(55)52-29-11-7-25-48(52)49-26-8-12-30-53(49)61/h1-40H. The largest absolute Gasteiger partial charge is 0.308 e. The number of nitrogens with zero attached hydrogens (tertiary/aromatic N) is 2. The number of rotatable bonds is 6. The van der Waals surface area contributed by atoms with Gasteiger partial charge in [-0.25, -0.2) is 0 Å². The quantitative estimate of drug-likeness (QED) is 0.163. The van der Waals surface area contributed by atoms with E-state index in [1.165, 1.54) is 88.7 Å². The van der Waals surface area contributed by atoms with Gasteiger partial charge in [0.1, 0.15) is 0 Å². The minimum atomic E-state index is -0.560. The van der Waals surface area contributed by atoms with Crippen molar-refractivity contribution in [3.8, 4) is 50.2 Å². The first-order chi connectivity index (χ1) is 31.3. The van der Waals surface area contributed by atoms with Crippen LogP contribution in [0.3, 0.4) is 0 Å². The van der Waals surface area contributed by atoms with Crippen molar-refractivity contribution in [2.24, 2.45) is 0 Å². The van der Waals surface area contributed by atoms with Gasteiger partial charge in [0.2, 0.25) is 0 Å². The number of para-hydroxylation sites is 4. The van der Waals surface area contributed by atoms with Gasteiger partial charge in [-0.15, -0.1) is 0 Å². The Kier molecular flexibility index (Phi) is 7.85.